The summed E-state index contributed by atoms with van der Waals surface area (Å²) >= 11 is 0. The van der Waals surface area contributed by atoms with E-state index in [-0.39, 0.29) is 11.8 Å². The molecule has 0 aliphatic carbocycles. The van der Waals surface area contributed by atoms with Crippen LogP contribution in [-0.2, 0) is 4.79 Å². The average molecular weight is 317 g/mol. The van der Waals surface area contributed by atoms with Gasteiger partial charge in [0.2, 0.25) is 5.91 Å². The van der Waals surface area contributed by atoms with Crippen molar-refractivity contribution in [3.63, 3.8) is 0 Å². The van der Waals surface area contributed by atoms with Crippen molar-refractivity contribution >= 4 is 23.4 Å². The van der Waals surface area contributed by atoms with E-state index < -0.39 is 6.03 Å². The predicted octanol–water partition coefficient (Wildman–Crippen LogP) is 1.41. The molecule has 2 fully saturated rings. The first-order valence-corrected chi connectivity index (χ1v) is 8.20. The number of piperidine rings is 1. The van der Waals surface area contributed by atoms with E-state index in [2.05, 4.69) is 15.2 Å². The Morgan fingerprint density at radius 1 is 1.17 bits per heavy atom. The number of hydrogen-bond acceptors (Lipinski definition) is 4. The first kappa shape index (κ1) is 15.6. The summed E-state index contributed by atoms with van der Waals surface area (Å²) < 4.78 is 0. The van der Waals surface area contributed by atoms with Crippen LogP contribution in [0.4, 0.5) is 16.3 Å². The lowest BCUT2D eigenvalue weighted by Gasteiger charge is -2.30. The Labute approximate surface area is 135 Å². The largest absolute Gasteiger partial charge is 0.357 e. The molecule has 1 atom stereocenters. The lowest BCUT2D eigenvalue weighted by Crippen LogP contribution is -2.46. The number of hydrogen-bond donors (Lipinski definition) is 2. The van der Waals surface area contributed by atoms with E-state index in [9.17, 15) is 9.59 Å². The van der Waals surface area contributed by atoms with Crippen LogP contribution in [0.2, 0.25) is 0 Å². The zero-order valence-corrected chi connectivity index (χ0v) is 13.2. The molecule has 2 saturated heterocycles. The molecule has 2 aliphatic heterocycles. The van der Waals surface area contributed by atoms with Crippen LogP contribution in [0.3, 0.4) is 0 Å². The molecule has 3 heterocycles. The first-order chi connectivity index (χ1) is 11.1. The second-order valence-electron chi connectivity index (χ2n) is 6.21. The maximum absolute atomic E-state index is 12.3. The molecule has 1 aromatic rings. The summed E-state index contributed by atoms with van der Waals surface area (Å²) in [5.41, 5.74) is 5.99. The number of anilines is 2. The number of rotatable bonds is 3. The minimum Gasteiger partial charge on any atom is -0.357 e. The highest BCUT2D eigenvalue weighted by Crippen LogP contribution is 2.21. The number of aromatic nitrogens is 1. The van der Waals surface area contributed by atoms with Gasteiger partial charge in [-0.1, -0.05) is 0 Å². The Balaban J connectivity index is 1.57. The molecule has 0 spiro atoms. The molecule has 2 aliphatic rings. The Kier molecular flexibility index (Phi) is 4.64. The fourth-order valence-corrected chi connectivity index (χ4v) is 3.23. The van der Waals surface area contributed by atoms with Crippen molar-refractivity contribution in [3.05, 3.63) is 18.3 Å². The topological polar surface area (TPSA) is 91.6 Å². The minimum atomic E-state index is -0.459. The number of primary amides is 1. The van der Waals surface area contributed by atoms with Gasteiger partial charge in [-0.2, -0.15) is 0 Å². The number of likely N-dealkylation sites (tertiary alicyclic amines) is 1. The second kappa shape index (κ2) is 6.85. The maximum atomic E-state index is 12.3. The van der Waals surface area contributed by atoms with Gasteiger partial charge in [0.05, 0.1) is 17.8 Å². The minimum absolute atomic E-state index is 0.0772. The molecule has 3 N–H and O–H groups in total. The van der Waals surface area contributed by atoms with Gasteiger partial charge in [-0.3, -0.25) is 4.79 Å². The highest BCUT2D eigenvalue weighted by Gasteiger charge is 2.27. The van der Waals surface area contributed by atoms with Crippen LogP contribution < -0.4 is 16.0 Å². The van der Waals surface area contributed by atoms with Crippen molar-refractivity contribution in [2.75, 3.05) is 36.4 Å². The molecule has 124 valence electrons. The molecule has 0 bridgehead atoms. The lowest BCUT2D eigenvalue weighted by atomic mass is 9.97. The third-order valence-electron chi connectivity index (χ3n) is 4.55. The quantitative estimate of drug-likeness (QED) is 0.882. The number of nitrogens with zero attached hydrogens (tertiary/aromatic N) is 3. The summed E-state index contributed by atoms with van der Waals surface area (Å²) in [6.07, 6.45) is 5.68. The summed E-state index contributed by atoms with van der Waals surface area (Å²) in [7, 11) is 0. The number of pyridine rings is 1. The van der Waals surface area contributed by atoms with Gasteiger partial charge < -0.3 is 20.9 Å². The third-order valence-corrected chi connectivity index (χ3v) is 4.55. The standard InChI is InChI=1S/C16H23N5O2/c17-16(23)21-9-3-4-12(11-21)15(22)19-13-5-6-14(18-10-13)20-7-1-2-8-20/h5-6,10,12H,1-4,7-9,11H2,(H2,17,23)(H,19,22)/t12-/m1/s1. The van der Waals surface area contributed by atoms with Gasteiger partial charge in [0.1, 0.15) is 5.82 Å². The summed E-state index contributed by atoms with van der Waals surface area (Å²) in [6.45, 7) is 3.11. The van der Waals surface area contributed by atoms with Crippen LogP contribution in [0, 0.1) is 5.92 Å². The molecule has 0 radical (unpaired) electrons. The van der Waals surface area contributed by atoms with Gasteiger partial charge in [-0.25, -0.2) is 9.78 Å². The number of nitrogens with one attached hydrogen (secondary N) is 1. The molecule has 23 heavy (non-hydrogen) atoms. The van der Waals surface area contributed by atoms with Gasteiger partial charge in [0.25, 0.3) is 0 Å². The van der Waals surface area contributed by atoms with E-state index in [1.54, 1.807) is 6.20 Å². The average Bonchev–Trinajstić information content (AvgIpc) is 3.10. The Morgan fingerprint density at radius 3 is 2.61 bits per heavy atom. The second-order valence-corrected chi connectivity index (χ2v) is 6.21. The third kappa shape index (κ3) is 3.72. The number of amides is 3. The molecule has 0 aromatic carbocycles. The SMILES string of the molecule is NC(=O)N1CCC[C@@H](C(=O)Nc2ccc(N3CCCC3)nc2)C1. The normalized spacial score (nSPS) is 21.3. The van der Waals surface area contributed by atoms with E-state index in [4.69, 9.17) is 5.73 Å². The fraction of sp³-hybridized carbons (Fsp3) is 0.562. The van der Waals surface area contributed by atoms with Gasteiger partial charge in [0, 0.05) is 26.2 Å². The van der Waals surface area contributed by atoms with E-state index in [1.807, 2.05) is 12.1 Å². The van der Waals surface area contributed by atoms with E-state index in [0.29, 0.717) is 18.8 Å². The van der Waals surface area contributed by atoms with Crippen LogP contribution in [0.25, 0.3) is 0 Å². The molecule has 1 aromatic heterocycles. The zero-order valence-electron chi connectivity index (χ0n) is 13.2. The van der Waals surface area contributed by atoms with Crippen LogP contribution in [0.5, 0.6) is 0 Å². The van der Waals surface area contributed by atoms with E-state index in [1.165, 1.54) is 17.7 Å². The molecule has 3 amide bonds. The number of carbonyl (C=O) groups is 2. The van der Waals surface area contributed by atoms with E-state index >= 15 is 0 Å². The number of urea groups is 1. The molecule has 0 saturated carbocycles. The fourth-order valence-electron chi connectivity index (χ4n) is 3.23. The Hall–Kier alpha value is -2.31. The molecular formula is C16H23N5O2. The summed E-state index contributed by atoms with van der Waals surface area (Å²) in [6, 6.07) is 3.37. The highest BCUT2D eigenvalue weighted by atomic mass is 16.2. The van der Waals surface area contributed by atoms with E-state index in [0.717, 1.165) is 31.7 Å². The Bertz CT molecular complexity index is 568. The van der Waals surface area contributed by atoms with Crippen molar-refractivity contribution in [2.24, 2.45) is 11.7 Å². The summed E-state index contributed by atoms with van der Waals surface area (Å²) in [4.78, 5) is 31.8. The molecule has 7 heteroatoms. The smallest absolute Gasteiger partial charge is 0.314 e. The van der Waals surface area contributed by atoms with Crippen molar-refractivity contribution in [3.8, 4) is 0 Å². The highest BCUT2D eigenvalue weighted by molar-refractivity contribution is 5.93. The molecule has 0 unspecified atom stereocenters. The van der Waals surface area contributed by atoms with Crippen LogP contribution in [-0.4, -0.2) is 48.0 Å². The first-order valence-electron chi connectivity index (χ1n) is 8.20. The van der Waals surface area contributed by atoms with Gasteiger partial charge in [-0.15, -0.1) is 0 Å². The molecular weight excluding hydrogens is 294 g/mol. The summed E-state index contributed by atoms with van der Waals surface area (Å²) in [5.74, 6) is 0.666. The lowest BCUT2D eigenvalue weighted by molar-refractivity contribution is -0.121. The monoisotopic (exact) mass is 317 g/mol. The van der Waals surface area contributed by atoms with Gasteiger partial charge in [-0.05, 0) is 37.8 Å². The molecule has 3 rings (SSSR count). The van der Waals surface area contributed by atoms with Crippen LogP contribution in [0.1, 0.15) is 25.7 Å². The van der Waals surface area contributed by atoms with Crippen molar-refractivity contribution in [1.82, 2.24) is 9.88 Å². The Morgan fingerprint density at radius 2 is 1.96 bits per heavy atom. The summed E-state index contributed by atoms with van der Waals surface area (Å²) in [5, 5.41) is 2.89. The van der Waals surface area contributed by atoms with Crippen molar-refractivity contribution < 1.29 is 9.59 Å². The predicted molar refractivity (Wildman–Crippen MR) is 88.2 cm³/mol. The van der Waals surface area contributed by atoms with Crippen LogP contribution >= 0.6 is 0 Å². The van der Waals surface area contributed by atoms with Gasteiger partial charge in [0.15, 0.2) is 0 Å². The van der Waals surface area contributed by atoms with Crippen molar-refractivity contribution in [2.45, 2.75) is 25.7 Å². The maximum Gasteiger partial charge on any atom is 0.314 e. The van der Waals surface area contributed by atoms with Crippen molar-refractivity contribution in [1.29, 1.82) is 0 Å². The number of nitrogens with two attached hydrogens (primary N) is 1. The molecule has 7 nitrogen and oxygen atoms in total. The van der Waals surface area contributed by atoms with Gasteiger partial charge >= 0.3 is 6.03 Å². The zero-order chi connectivity index (χ0) is 16.2. The van der Waals surface area contributed by atoms with Crippen LogP contribution in [0.15, 0.2) is 18.3 Å². The number of carbonyl (C=O) groups excluding carboxylic acids is 2.